The number of anilines is 3. The molecule has 0 spiro atoms. The van der Waals surface area contributed by atoms with Gasteiger partial charge in [0.25, 0.3) is 0 Å². The number of amides is 1. The van der Waals surface area contributed by atoms with Crippen LogP contribution in [0.1, 0.15) is 26.3 Å². The minimum absolute atomic E-state index is 0.102. The van der Waals surface area contributed by atoms with Crippen LogP contribution in [0.3, 0.4) is 0 Å². The predicted octanol–water partition coefficient (Wildman–Crippen LogP) is 5.32. The zero-order valence-corrected chi connectivity index (χ0v) is 17.6. The Morgan fingerprint density at radius 1 is 1.14 bits per heavy atom. The Balaban J connectivity index is 1.58. The molecule has 6 nitrogen and oxygen atoms in total. The van der Waals surface area contributed by atoms with Gasteiger partial charge in [0.1, 0.15) is 5.75 Å². The molecule has 146 valence electrons. The van der Waals surface area contributed by atoms with Crippen molar-refractivity contribution in [1.82, 2.24) is 10.2 Å². The molecule has 1 amide bonds. The summed E-state index contributed by atoms with van der Waals surface area (Å²) in [5, 5.41) is 15.1. The zero-order chi connectivity index (χ0) is 19.9. The van der Waals surface area contributed by atoms with Crippen molar-refractivity contribution in [3.63, 3.8) is 0 Å². The van der Waals surface area contributed by atoms with E-state index in [0.717, 1.165) is 27.2 Å². The van der Waals surface area contributed by atoms with Crippen molar-refractivity contribution >= 4 is 45.5 Å². The first-order chi connectivity index (χ1) is 13.5. The van der Waals surface area contributed by atoms with Crippen molar-refractivity contribution in [1.29, 1.82) is 0 Å². The third-order valence-electron chi connectivity index (χ3n) is 3.47. The lowest BCUT2D eigenvalue weighted by Gasteiger charge is -2.10. The van der Waals surface area contributed by atoms with Gasteiger partial charge in [-0.3, -0.25) is 4.79 Å². The van der Waals surface area contributed by atoms with Crippen molar-refractivity contribution < 1.29 is 9.53 Å². The number of carbonyl (C=O) groups is 1. The van der Waals surface area contributed by atoms with Crippen LogP contribution in [-0.4, -0.2) is 22.2 Å². The van der Waals surface area contributed by atoms with Crippen LogP contribution in [0, 0.1) is 0 Å². The highest BCUT2D eigenvalue weighted by molar-refractivity contribution is 8.00. The van der Waals surface area contributed by atoms with E-state index in [1.807, 2.05) is 50.2 Å². The Kier molecular flexibility index (Phi) is 6.89. The monoisotopic (exact) mass is 414 g/mol. The van der Waals surface area contributed by atoms with E-state index in [1.54, 1.807) is 11.8 Å². The molecule has 8 heteroatoms. The van der Waals surface area contributed by atoms with Crippen LogP contribution < -0.4 is 15.4 Å². The van der Waals surface area contributed by atoms with Gasteiger partial charge in [-0.1, -0.05) is 41.3 Å². The third kappa shape index (κ3) is 6.24. The topological polar surface area (TPSA) is 76.1 Å². The molecule has 0 radical (unpaired) electrons. The number of carbonyl (C=O) groups excluding carboxylic acids is 1. The lowest BCUT2D eigenvalue weighted by atomic mass is 10.2. The van der Waals surface area contributed by atoms with E-state index < -0.39 is 0 Å². The van der Waals surface area contributed by atoms with Gasteiger partial charge in [-0.25, -0.2) is 0 Å². The van der Waals surface area contributed by atoms with Gasteiger partial charge in [0.05, 0.1) is 6.10 Å². The van der Waals surface area contributed by atoms with E-state index in [9.17, 15) is 4.79 Å². The number of benzene rings is 2. The first kappa shape index (κ1) is 20.2. The number of nitrogens with one attached hydrogen (secondary N) is 2. The van der Waals surface area contributed by atoms with E-state index in [-0.39, 0.29) is 12.0 Å². The van der Waals surface area contributed by atoms with Crippen molar-refractivity contribution in [3.8, 4) is 5.75 Å². The standard InChI is InChI=1S/C20H22N4O2S2/c1-13(2)26-18-9-4-6-15(10-18)12-27-20-24-23-19(28-20)22-17-8-5-7-16(11-17)21-14(3)25/h4-11,13H,12H2,1-3H3,(H,21,25)(H,22,23). The number of hydrogen-bond acceptors (Lipinski definition) is 7. The largest absolute Gasteiger partial charge is 0.491 e. The molecule has 0 atom stereocenters. The summed E-state index contributed by atoms with van der Waals surface area (Å²) in [5.41, 5.74) is 2.76. The van der Waals surface area contributed by atoms with E-state index >= 15 is 0 Å². The summed E-state index contributed by atoms with van der Waals surface area (Å²) in [6, 6.07) is 15.6. The quantitative estimate of drug-likeness (QED) is 0.486. The normalized spacial score (nSPS) is 10.7. The number of aromatic nitrogens is 2. The number of ether oxygens (including phenoxy) is 1. The molecule has 0 bridgehead atoms. The van der Waals surface area contributed by atoms with Gasteiger partial charge in [0.15, 0.2) is 4.34 Å². The predicted molar refractivity (Wildman–Crippen MR) is 116 cm³/mol. The number of nitrogens with zero attached hydrogens (tertiary/aromatic N) is 2. The molecule has 2 N–H and O–H groups in total. The van der Waals surface area contributed by atoms with E-state index in [2.05, 4.69) is 33.0 Å². The molecule has 0 unspecified atom stereocenters. The molecular formula is C20H22N4O2S2. The van der Waals surface area contributed by atoms with Crippen LogP contribution in [0.5, 0.6) is 5.75 Å². The first-order valence-electron chi connectivity index (χ1n) is 8.84. The fourth-order valence-corrected chi connectivity index (χ4v) is 4.16. The summed E-state index contributed by atoms with van der Waals surface area (Å²) in [4.78, 5) is 11.2. The molecule has 3 aromatic rings. The van der Waals surface area contributed by atoms with Crippen LogP contribution in [-0.2, 0) is 10.5 Å². The summed E-state index contributed by atoms with van der Waals surface area (Å²) >= 11 is 3.13. The Morgan fingerprint density at radius 3 is 2.71 bits per heavy atom. The van der Waals surface area contributed by atoms with Gasteiger partial charge < -0.3 is 15.4 Å². The van der Waals surface area contributed by atoms with Crippen molar-refractivity contribution in [2.75, 3.05) is 10.6 Å². The van der Waals surface area contributed by atoms with Crippen LogP contribution >= 0.6 is 23.1 Å². The average molecular weight is 415 g/mol. The Bertz CT molecular complexity index is 943. The molecule has 0 aliphatic carbocycles. The summed E-state index contributed by atoms with van der Waals surface area (Å²) in [5.74, 6) is 1.57. The molecule has 1 heterocycles. The molecule has 2 aromatic carbocycles. The second-order valence-electron chi connectivity index (χ2n) is 6.36. The van der Waals surface area contributed by atoms with Gasteiger partial charge in [-0.15, -0.1) is 10.2 Å². The van der Waals surface area contributed by atoms with Gasteiger partial charge in [-0.2, -0.15) is 0 Å². The molecule has 0 saturated heterocycles. The molecule has 28 heavy (non-hydrogen) atoms. The van der Waals surface area contributed by atoms with E-state index in [4.69, 9.17) is 4.74 Å². The molecule has 0 aliphatic rings. The smallest absolute Gasteiger partial charge is 0.221 e. The van der Waals surface area contributed by atoms with Gasteiger partial charge in [-0.05, 0) is 49.7 Å². The minimum atomic E-state index is -0.102. The van der Waals surface area contributed by atoms with Gasteiger partial charge in [0.2, 0.25) is 11.0 Å². The van der Waals surface area contributed by atoms with Crippen LogP contribution in [0.15, 0.2) is 52.9 Å². The highest BCUT2D eigenvalue weighted by Gasteiger charge is 2.07. The number of rotatable bonds is 8. The summed E-state index contributed by atoms with van der Waals surface area (Å²) in [7, 11) is 0. The summed E-state index contributed by atoms with van der Waals surface area (Å²) in [6.45, 7) is 5.52. The molecule has 0 aliphatic heterocycles. The summed E-state index contributed by atoms with van der Waals surface area (Å²) < 4.78 is 6.63. The maximum absolute atomic E-state index is 11.2. The second-order valence-corrected chi connectivity index (χ2v) is 8.56. The number of hydrogen-bond donors (Lipinski definition) is 2. The molecule has 3 rings (SSSR count). The van der Waals surface area contributed by atoms with E-state index in [0.29, 0.717) is 5.13 Å². The molecule has 1 aromatic heterocycles. The maximum atomic E-state index is 11.2. The minimum Gasteiger partial charge on any atom is -0.491 e. The fourth-order valence-electron chi connectivity index (χ4n) is 2.45. The molecular weight excluding hydrogens is 392 g/mol. The Morgan fingerprint density at radius 2 is 1.93 bits per heavy atom. The lowest BCUT2D eigenvalue weighted by molar-refractivity contribution is -0.114. The van der Waals surface area contributed by atoms with Crippen LogP contribution in [0.4, 0.5) is 16.5 Å². The van der Waals surface area contributed by atoms with Crippen molar-refractivity contribution in [2.45, 2.75) is 37.0 Å². The van der Waals surface area contributed by atoms with Gasteiger partial charge in [0, 0.05) is 24.1 Å². The summed E-state index contributed by atoms with van der Waals surface area (Å²) in [6.07, 6.45) is 0.156. The highest BCUT2D eigenvalue weighted by atomic mass is 32.2. The SMILES string of the molecule is CC(=O)Nc1cccc(Nc2nnc(SCc3cccc(OC(C)C)c3)s2)c1. The Hall–Kier alpha value is -2.58. The third-order valence-corrected chi connectivity index (χ3v) is 5.52. The maximum Gasteiger partial charge on any atom is 0.221 e. The molecule has 0 fully saturated rings. The second kappa shape index (κ2) is 9.57. The number of thioether (sulfide) groups is 1. The fraction of sp³-hybridized carbons (Fsp3) is 0.250. The lowest BCUT2D eigenvalue weighted by Crippen LogP contribution is -2.05. The van der Waals surface area contributed by atoms with E-state index in [1.165, 1.54) is 23.8 Å². The zero-order valence-electron chi connectivity index (χ0n) is 15.9. The highest BCUT2D eigenvalue weighted by Crippen LogP contribution is 2.31. The average Bonchev–Trinajstić information content (AvgIpc) is 3.07. The Labute approximate surface area is 172 Å². The van der Waals surface area contributed by atoms with Crippen LogP contribution in [0.25, 0.3) is 0 Å². The van der Waals surface area contributed by atoms with Crippen LogP contribution in [0.2, 0.25) is 0 Å². The first-order valence-corrected chi connectivity index (χ1v) is 10.6. The van der Waals surface area contributed by atoms with Crippen molar-refractivity contribution in [2.24, 2.45) is 0 Å². The van der Waals surface area contributed by atoms with Gasteiger partial charge >= 0.3 is 0 Å². The van der Waals surface area contributed by atoms with Crippen molar-refractivity contribution in [3.05, 3.63) is 54.1 Å². The molecule has 0 saturated carbocycles.